The molecule has 0 aliphatic carbocycles. The predicted molar refractivity (Wildman–Crippen MR) is 88.8 cm³/mol. The minimum atomic E-state index is -3.54. The van der Waals surface area contributed by atoms with Gasteiger partial charge in [0, 0.05) is 37.6 Å². The van der Waals surface area contributed by atoms with Crippen LogP contribution in [0, 0.1) is 0 Å². The van der Waals surface area contributed by atoms with E-state index in [0.29, 0.717) is 5.69 Å². The Hall–Kier alpha value is -2.05. The molecule has 6 heteroatoms. The minimum absolute atomic E-state index is 0.273. The maximum absolute atomic E-state index is 12.4. The van der Waals surface area contributed by atoms with Crippen molar-refractivity contribution in [2.45, 2.75) is 4.90 Å². The van der Waals surface area contributed by atoms with Crippen molar-refractivity contribution in [2.75, 3.05) is 35.8 Å². The van der Waals surface area contributed by atoms with Crippen LogP contribution in [0.3, 0.4) is 0 Å². The van der Waals surface area contributed by atoms with Crippen LogP contribution in [0.2, 0.25) is 0 Å². The van der Waals surface area contributed by atoms with E-state index in [2.05, 4.69) is 14.9 Å². The fourth-order valence-electron chi connectivity index (χ4n) is 2.48. The average molecular weight is 317 g/mol. The molecule has 1 aliphatic rings. The molecule has 0 atom stereocenters. The fraction of sp³-hybridized carbons (Fsp3) is 0.250. The smallest absolute Gasteiger partial charge is 0.261 e. The molecule has 0 bridgehead atoms. The van der Waals surface area contributed by atoms with Gasteiger partial charge in [0.2, 0.25) is 0 Å². The molecule has 0 saturated carbocycles. The normalized spacial score (nSPS) is 15.5. The first kappa shape index (κ1) is 14.9. The number of benzene rings is 2. The zero-order valence-corrected chi connectivity index (χ0v) is 13.0. The summed E-state index contributed by atoms with van der Waals surface area (Å²) in [6, 6.07) is 15.9. The van der Waals surface area contributed by atoms with Gasteiger partial charge in [-0.15, -0.1) is 0 Å². The molecule has 1 aliphatic heterocycles. The highest BCUT2D eigenvalue weighted by atomic mass is 32.2. The Bertz CT molecular complexity index is 709. The Kier molecular flexibility index (Phi) is 4.31. The lowest BCUT2D eigenvalue weighted by Gasteiger charge is -2.29. The molecule has 0 amide bonds. The number of nitrogens with zero attached hydrogens (tertiary/aromatic N) is 1. The predicted octanol–water partition coefficient (Wildman–Crippen LogP) is 1.90. The summed E-state index contributed by atoms with van der Waals surface area (Å²) in [4.78, 5) is 2.52. The zero-order chi connectivity index (χ0) is 15.4. The van der Waals surface area contributed by atoms with Crippen molar-refractivity contribution in [3.63, 3.8) is 0 Å². The Morgan fingerprint density at radius 2 is 1.55 bits per heavy atom. The quantitative estimate of drug-likeness (QED) is 0.904. The first-order valence-corrected chi connectivity index (χ1v) is 8.77. The summed E-state index contributed by atoms with van der Waals surface area (Å²) in [5.41, 5.74) is 1.62. The van der Waals surface area contributed by atoms with Gasteiger partial charge in [0.15, 0.2) is 0 Å². The molecule has 0 unspecified atom stereocenters. The Morgan fingerprint density at radius 1 is 0.909 bits per heavy atom. The van der Waals surface area contributed by atoms with E-state index in [0.717, 1.165) is 31.9 Å². The molecule has 116 valence electrons. The van der Waals surface area contributed by atoms with Gasteiger partial charge in [0.1, 0.15) is 0 Å². The molecular weight excluding hydrogens is 298 g/mol. The molecule has 0 spiro atoms. The van der Waals surface area contributed by atoms with E-state index >= 15 is 0 Å². The van der Waals surface area contributed by atoms with Crippen LogP contribution in [-0.4, -0.2) is 34.6 Å². The van der Waals surface area contributed by atoms with Crippen LogP contribution >= 0.6 is 0 Å². The summed E-state index contributed by atoms with van der Waals surface area (Å²) in [7, 11) is -3.54. The molecule has 1 heterocycles. The molecule has 2 aromatic rings. The largest absolute Gasteiger partial charge is 0.369 e. The number of nitrogens with one attached hydrogen (secondary N) is 2. The second kappa shape index (κ2) is 6.37. The number of sulfonamides is 1. The molecule has 1 saturated heterocycles. The number of piperazine rings is 1. The topological polar surface area (TPSA) is 61.4 Å². The van der Waals surface area contributed by atoms with Crippen molar-refractivity contribution in [1.29, 1.82) is 0 Å². The molecule has 1 fully saturated rings. The lowest BCUT2D eigenvalue weighted by Crippen LogP contribution is -2.43. The first-order chi connectivity index (χ1) is 10.6. The van der Waals surface area contributed by atoms with Crippen LogP contribution in [0.1, 0.15) is 0 Å². The van der Waals surface area contributed by atoms with Gasteiger partial charge in [-0.3, -0.25) is 4.72 Å². The molecule has 0 aromatic heterocycles. The molecule has 0 radical (unpaired) electrons. The lowest BCUT2D eigenvalue weighted by molar-refractivity contribution is 0.589. The molecule has 2 aromatic carbocycles. The first-order valence-electron chi connectivity index (χ1n) is 7.29. The maximum Gasteiger partial charge on any atom is 0.261 e. The van der Waals surface area contributed by atoms with E-state index in [9.17, 15) is 8.42 Å². The lowest BCUT2D eigenvalue weighted by atomic mass is 10.2. The number of para-hydroxylation sites is 1. The van der Waals surface area contributed by atoms with Crippen molar-refractivity contribution >= 4 is 21.4 Å². The van der Waals surface area contributed by atoms with Gasteiger partial charge in [-0.05, 0) is 36.4 Å². The highest BCUT2D eigenvalue weighted by Crippen LogP contribution is 2.20. The summed E-state index contributed by atoms with van der Waals surface area (Å²) in [5, 5.41) is 3.30. The third kappa shape index (κ3) is 3.40. The third-order valence-corrected chi connectivity index (χ3v) is 5.05. The monoisotopic (exact) mass is 317 g/mol. The van der Waals surface area contributed by atoms with Crippen molar-refractivity contribution in [3.05, 3.63) is 54.6 Å². The Morgan fingerprint density at radius 3 is 2.18 bits per heavy atom. The third-order valence-electron chi connectivity index (χ3n) is 3.66. The number of hydrogen-bond acceptors (Lipinski definition) is 4. The molecule has 3 rings (SSSR count). The van der Waals surface area contributed by atoms with Gasteiger partial charge < -0.3 is 10.2 Å². The standard InChI is InChI=1S/C16H19N3O2S/c20-22(21,18-14-4-2-1-3-5-14)16-8-6-15(7-9-16)19-12-10-17-11-13-19/h1-9,17-18H,10-13H2. The van der Waals surface area contributed by atoms with Crippen molar-refractivity contribution < 1.29 is 8.42 Å². The van der Waals surface area contributed by atoms with E-state index < -0.39 is 10.0 Å². The van der Waals surface area contributed by atoms with Crippen molar-refractivity contribution in [1.82, 2.24) is 5.32 Å². The van der Waals surface area contributed by atoms with Crippen molar-refractivity contribution in [3.8, 4) is 0 Å². The van der Waals surface area contributed by atoms with Crippen LogP contribution in [0.5, 0.6) is 0 Å². The van der Waals surface area contributed by atoms with Crippen LogP contribution in [0.15, 0.2) is 59.5 Å². The van der Waals surface area contributed by atoms with Gasteiger partial charge in [0.25, 0.3) is 10.0 Å². The highest BCUT2D eigenvalue weighted by molar-refractivity contribution is 7.92. The summed E-state index contributed by atoms with van der Waals surface area (Å²) >= 11 is 0. The fourth-order valence-corrected chi connectivity index (χ4v) is 3.54. The van der Waals surface area contributed by atoms with Gasteiger partial charge in [-0.1, -0.05) is 18.2 Å². The number of anilines is 2. The van der Waals surface area contributed by atoms with Gasteiger partial charge in [-0.2, -0.15) is 0 Å². The van der Waals surface area contributed by atoms with E-state index in [1.54, 1.807) is 36.4 Å². The van der Waals surface area contributed by atoms with E-state index in [4.69, 9.17) is 0 Å². The van der Waals surface area contributed by atoms with Crippen LogP contribution < -0.4 is 14.9 Å². The van der Waals surface area contributed by atoms with Gasteiger partial charge >= 0.3 is 0 Å². The summed E-state index contributed by atoms with van der Waals surface area (Å²) in [6.07, 6.45) is 0. The molecule has 5 nitrogen and oxygen atoms in total. The van der Waals surface area contributed by atoms with E-state index in [1.165, 1.54) is 0 Å². The number of rotatable bonds is 4. The van der Waals surface area contributed by atoms with Gasteiger partial charge in [-0.25, -0.2) is 8.42 Å². The molecule has 2 N–H and O–H groups in total. The van der Waals surface area contributed by atoms with Crippen LogP contribution in [0.4, 0.5) is 11.4 Å². The van der Waals surface area contributed by atoms with E-state index in [1.807, 2.05) is 18.2 Å². The summed E-state index contributed by atoms with van der Waals surface area (Å²) in [5.74, 6) is 0. The van der Waals surface area contributed by atoms with Crippen molar-refractivity contribution in [2.24, 2.45) is 0 Å². The average Bonchev–Trinajstić information content (AvgIpc) is 2.56. The Balaban J connectivity index is 1.76. The Labute approximate surface area is 131 Å². The summed E-state index contributed by atoms with van der Waals surface area (Å²) < 4.78 is 27.3. The van der Waals surface area contributed by atoms with Crippen LogP contribution in [0.25, 0.3) is 0 Å². The zero-order valence-electron chi connectivity index (χ0n) is 12.2. The number of hydrogen-bond donors (Lipinski definition) is 2. The SMILES string of the molecule is O=S(=O)(Nc1ccccc1)c1ccc(N2CCNCC2)cc1. The second-order valence-corrected chi connectivity index (χ2v) is 6.88. The summed E-state index contributed by atoms with van der Waals surface area (Å²) in [6.45, 7) is 3.79. The second-order valence-electron chi connectivity index (χ2n) is 5.20. The molecular formula is C16H19N3O2S. The highest BCUT2D eigenvalue weighted by Gasteiger charge is 2.15. The minimum Gasteiger partial charge on any atom is -0.369 e. The van der Waals surface area contributed by atoms with Gasteiger partial charge in [0.05, 0.1) is 4.90 Å². The maximum atomic E-state index is 12.4. The molecule has 22 heavy (non-hydrogen) atoms. The van der Waals surface area contributed by atoms with Crippen LogP contribution in [-0.2, 0) is 10.0 Å². The van der Waals surface area contributed by atoms with E-state index in [-0.39, 0.29) is 4.90 Å².